The molecule has 0 aromatic carbocycles. The highest BCUT2D eigenvalue weighted by molar-refractivity contribution is 5.85. The molecule has 2 unspecified atom stereocenters. The van der Waals surface area contributed by atoms with Crippen LogP contribution in [-0.2, 0) is 0 Å². The van der Waals surface area contributed by atoms with Crippen molar-refractivity contribution in [3.05, 3.63) is 17.7 Å². The molecule has 3 heterocycles. The van der Waals surface area contributed by atoms with Crippen LogP contribution in [0.2, 0.25) is 0 Å². The van der Waals surface area contributed by atoms with Gasteiger partial charge in [0.2, 0.25) is 0 Å². The molecule has 4 nitrogen and oxygen atoms in total. The minimum Gasteiger partial charge on any atom is -0.348 e. The molecule has 2 fully saturated rings. The number of H-pyrrole nitrogens is 1. The summed E-state index contributed by atoms with van der Waals surface area (Å²) in [4.78, 5) is 10.4. The highest BCUT2D eigenvalue weighted by atomic mass is 35.5. The van der Waals surface area contributed by atoms with Crippen LogP contribution in [0.15, 0.2) is 6.33 Å². The Kier molecular flexibility index (Phi) is 5.25. The van der Waals surface area contributed by atoms with E-state index in [4.69, 9.17) is 0 Å². The van der Waals surface area contributed by atoms with Crippen LogP contribution < -0.4 is 5.32 Å². The molecule has 1 aromatic heterocycles. The molecule has 0 amide bonds. The van der Waals surface area contributed by atoms with Crippen LogP contribution in [0.25, 0.3) is 0 Å². The van der Waals surface area contributed by atoms with E-state index in [0.717, 1.165) is 12.6 Å². The second-order valence-electron chi connectivity index (χ2n) is 5.69. The molecule has 19 heavy (non-hydrogen) atoms. The van der Waals surface area contributed by atoms with E-state index in [2.05, 4.69) is 27.1 Å². The number of nitrogens with zero attached hydrogens (tertiary/aromatic N) is 2. The molecule has 5 heteroatoms. The molecule has 1 aromatic rings. The predicted molar refractivity (Wildman–Crippen MR) is 79.8 cm³/mol. The Morgan fingerprint density at radius 1 is 1.26 bits per heavy atom. The number of aromatic nitrogens is 2. The van der Waals surface area contributed by atoms with Crippen LogP contribution in [0.5, 0.6) is 0 Å². The molecule has 3 rings (SSSR count). The first-order chi connectivity index (χ1) is 8.84. The first-order valence-corrected chi connectivity index (χ1v) is 7.32. The van der Waals surface area contributed by atoms with Crippen molar-refractivity contribution in [2.24, 2.45) is 0 Å². The van der Waals surface area contributed by atoms with Gasteiger partial charge in [-0.25, -0.2) is 4.98 Å². The van der Waals surface area contributed by atoms with E-state index in [1.165, 1.54) is 56.6 Å². The number of hydrogen-bond acceptors (Lipinski definition) is 3. The topological polar surface area (TPSA) is 44.0 Å². The Labute approximate surface area is 121 Å². The molecule has 0 aliphatic carbocycles. The van der Waals surface area contributed by atoms with Crippen LogP contribution in [0, 0.1) is 6.92 Å². The van der Waals surface area contributed by atoms with Crippen LogP contribution in [0.4, 0.5) is 0 Å². The molecule has 0 bridgehead atoms. The van der Waals surface area contributed by atoms with Crippen molar-refractivity contribution >= 4 is 12.4 Å². The number of likely N-dealkylation sites (tertiary alicyclic amines) is 1. The molecule has 0 spiro atoms. The fourth-order valence-electron chi connectivity index (χ4n) is 3.44. The summed E-state index contributed by atoms with van der Waals surface area (Å²) in [7, 11) is 0. The Morgan fingerprint density at radius 2 is 2.05 bits per heavy atom. The second kappa shape index (κ2) is 6.73. The smallest absolute Gasteiger partial charge is 0.0925 e. The number of imidazole rings is 1. The number of nitrogens with one attached hydrogen (secondary N) is 2. The van der Waals surface area contributed by atoms with Gasteiger partial charge in [-0.2, -0.15) is 0 Å². The molecule has 2 aliphatic rings. The van der Waals surface area contributed by atoms with Crippen molar-refractivity contribution in [2.75, 3.05) is 19.6 Å². The maximum Gasteiger partial charge on any atom is 0.0925 e. The number of hydrogen-bond donors (Lipinski definition) is 2. The Morgan fingerprint density at radius 3 is 2.74 bits per heavy atom. The molecule has 0 radical (unpaired) electrons. The van der Waals surface area contributed by atoms with Crippen molar-refractivity contribution in [1.82, 2.24) is 20.2 Å². The van der Waals surface area contributed by atoms with Gasteiger partial charge in [0.25, 0.3) is 0 Å². The van der Waals surface area contributed by atoms with Gasteiger partial charge in [-0.1, -0.05) is 6.42 Å². The average molecular weight is 285 g/mol. The van der Waals surface area contributed by atoms with E-state index in [1.807, 2.05) is 6.33 Å². The zero-order valence-corrected chi connectivity index (χ0v) is 12.5. The SMILES string of the molecule is Cc1[nH]cnc1C1CC(N2CCCCC2)CCN1.Cl. The van der Waals surface area contributed by atoms with E-state index in [-0.39, 0.29) is 12.4 Å². The summed E-state index contributed by atoms with van der Waals surface area (Å²) in [5.41, 5.74) is 2.43. The van der Waals surface area contributed by atoms with Crippen LogP contribution >= 0.6 is 12.4 Å². The summed E-state index contributed by atoms with van der Waals surface area (Å²) in [6.07, 6.45) is 8.51. The monoisotopic (exact) mass is 284 g/mol. The summed E-state index contributed by atoms with van der Waals surface area (Å²) in [6.45, 7) is 5.85. The highest BCUT2D eigenvalue weighted by Crippen LogP contribution is 2.28. The summed E-state index contributed by atoms with van der Waals surface area (Å²) in [5, 5.41) is 3.62. The van der Waals surface area contributed by atoms with Gasteiger partial charge < -0.3 is 15.2 Å². The Bertz CT molecular complexity index is 387. The lowest BCUT2D eigenvalue weighted by molar-refractivity contribution is 0.120. The van der Waals surface area contributed by atoms with E-state index in [1.54, 1.807) is 0 Å². The van der Waals surface area contributed by atoms with Gasteiger partial charge in [0.05, 0.1) is 18.1 Å². The summed E-state index contributed by atoms with van der Waals surface area (Å²) in [5.74, 6) is 0. The minimum atomic E-state index is 0. The van der Waals surface area contributed by atoms with E-state index < -0.39 is 0 Å². The number of aryl methyl sites for hydroxylation is 1. The zero-order chi connectivity index (χ0) is 12.4. The number of rotatable bonds is 2. The molecule has 2 atom stereocenters. The average Bonchev–Trinajstić information content (AvgIpc) is 2.86. The lowest BCUT2D eigenvalue weighted by Gasteiger charge is -2.39. The molecular formula is C14H25ClN4. The Balaban J connectivity index is 0.00000133. The molecule has 2 N–H and O–H groups in total. The largest absolute Gasteiger partial charge is 0.348 e. The van der Waals surface area contributed by atoms with Gasteiger partial charge in [-0.15, -0.1) is 12.4 Å². The van der Waals surface area contributed by atoms with Gasteiger partial charge in [0.1, 0.15) is 0 Å². The number of aromatic amines is 1. The van der Waals surface area contributed by atoms with Crippen molar-refractivity contribution in [3.8, 4) is 0 Å². The zero-order valence-electron chi connectivity index (χ0n) is 11.7. The van der Waals surface area contributed by atoms with Crippen molar-refractivity contribution in [2.45, 2.75) is 51.1 Å². The lowest BCUT2D eigenvalue weighted by Crippen LogP contribution is -2.46. The molecule has 2 aliphatic heterocycles. The fraction of sp³-hybridized carbons (Fsp3) is 0.786. The predicted octanol–water partition coefficient (Wildman–Crippen LogP) is 2.42. The lowest BCUT2D eigenvalue weighted by atomic mass is 9.93. The Hall–Kier alpha value is -0.580. The van der Waals surface area contributed by atoms with E-state index >= 15 is 0 Å². The third-order valence-electron chi connectivity index (χ3n) is 4.48. The van der Waals surface area contributed by atoms with Gasteiger partial charge in [0.15, 0.2) is 0 Å². The highest BCUT2D eigenvalue weighted by Gasteiger charge is 2.29. The van der Waals surface area contributed by atoms with Gasteiger partial charge in [-0.05, 0) is 52.2 Å². The summed E-state index contributed by atoms with van der Waals surface area (Å²) < 4.78 is 0. The van der Waals surface area contributed by atoms with Crippen LogP contribution in [0.1, 0.15) is 49.5 Å². The molecule has 2 saturated heterocycles. The number of halogens is 1. The minimum absolute atomic E-state index is 0. The molecule has 0 saturated carbocycles. The third kappa shape index (κ3) is 3.30. The van der Waals surface area contributed by atoms with Crippen molar-refractivity contribution in [1.29, 1.82) is 0 Å². The quantitative estimate of drug-likeness (QED) is 0.877. The van der Waals surface area contributed by atoms with E-state index in [0.29, 0.717) is 6.04 Å². The second-order valence-corrected chi connectivity index (χ2v) is 5.69. The summed E-state index contributed by atoms with van der Waals surface area (Å²) >= 11 is 0. The maximum absolute atomic E-state index is 4.48. The first-order valence-electron chi connectivity index (χ1n) is 7.32. The van der Waals surface area contributed by atoms with Crippen LogP contribution in [0.3, 0.4) is 0 Å². The fourth-order valence-corrected chi connectivity index (χ4v) is 3.44. The van der Waals surface area contributed by atoms with Gasteiger partial charge >= 0.3 is 0 Å². The van der Waals surface area contributed by atoms with Gasteiger partial charge in [0, 0.05) is 11.7 Å². The molecule has 108 valence electrons. The van der Waals surface area contributed by atoms with Crippen molar-refractivity contribution in [3.63, 3.8) is 0 Å². The molecular weight excluding hydrogens is 260 g/mol. The summed E-state index contributed by atoms with van der Waals surface area (Å²) in [6, 6.07) is 1.20. The van der Waals surface area contributed by atoms with E-state index in [9.17, 15) is 0 Å². The van der Waals surface area contributed by atoms with Crippen LogP contribution in [-0.4, -0.2) is 40.5 Å². The van der Waals surface area contributed by atoms with Crippen molar-refractivity contribution < 1.29 is 0 Å². The first kappa shape index (κ1) is 14.8. The number of piperidine rings is 2. The maximum atomic E-state index is 4.48. The third-order valence-corrected chi connectivity index (χ3v) is 4.48. The standard InChI is InChI=1S/C14H24N4.ClH/c1-11-14(17-10-16-11)13-9-12(5-6-15-13)18-7-3-2-4-8-18;/h10,12-13,15H,2-9H2,1H3,(H,16,17);1H. The normalized spacial score (nSPS) is 28.9. The van der Waals surface area contributed by atoms with Gasteiger partial charge in [-0.3, -0.25) is 0 Å².